The number of halogens is 1. The van der Waals surface area contributed by atoms with E-state index in [0.29, 0.717) is 5.82 Å². The van der Waals surface area contributed by atoms with Crippen molar-refractivity contribution in [2.24, 2.45) is 5.41 Å². The number of hydrogen-bond acceptors (Lipinski definition) is 3. The van der Waals surface area contributed by atoms with Gasteiger partial charge in [0, 0.05) is 6.04 Å². The van der Waals surface area contributed by atoms with E-state index in [9.17, 15) is 4.79 Å². The number of aromatic amines is 1. The molecule has 0 aliphatic rings. The molecular weight excluding hydrogens is 214 g/mol. The molecule has 4 nitrogen and oxygen atoms in total. The van der Waals surface area contributed by atoms with Crippen molar-refractivity contribution in [3.05, 3.63) is 21.7 Å². The molecule has 5 heteroatoms. The zero-order valence-corrected chi connectivity index (χ0v) is 10.1. The summed E-state index contributed by atoms with van der Waals surface area (Å²) in [4.78, 5) is 17.6. The summed E-state index contributed by atoms with van der Waals surface area (Å²) in [5.41, 5.74) is -0.247. The highest BCUT2D eigenvalue weighted by Crippen LogP contribution is 2.23. The number of nitrogens with one attached hydrogen (secondary N) is 2. The van der Waals surface area contributed by atoms with E-state index in [0.717, 1.165) is 0 Å². The van der Waals surface area contributed by atoms with Gasteiger partial charge in [0.15, 0.2) is 5.82 Å². The molecule has 0 aliphatic heterocycles. The van der Waals surface area contributed by atoms with E-state index in [1.54, 1.807) is 0 Å². The molecule has 0 bridgehead atoms. The molecule has 1 heterocycles. The third kappa shape index (κ3) is 2.96. The van der Waals surface area contributed by atoms with Gasteiger partial charge in [0.25, 0.3) is 5.56 Å². The zero-order chi connectivity index (χ0) is 11.6. The third-order valence-corrected chi connectivity index (χ3v) is 2.80. The van der Waals surface area contributed by atoms with Gasteiger partial charge >= 0.3 is 0 Å². The van der Waals surface area contributed by atoms with Crippen molar-refractivity contribution in [2.45, 2.75) is 33.7 Å². The average molecular weight is 230 g/mol. The van der Waals surface area contributed by atoms with Gasteiger partial charge in [-0.1, -0.05) is 32.4 Å². The monoisotopic (exact) mass is 229 g/mol. The largest absolute Gasteiger partial charge is 0.366 e. The van der Waals surface area contributed by atoms with Crippen molar-refractivity contribution in [2.75, 3.05) is 5.32 Å². The first-order valence-corrected chi connectivity index (χ1v) is 5.20. The van der Waals surface area contributed by atoms with Crippen LogP contribution in [0.5, 0.6) is 0 Å². The van der Waals surface area contributed by atoms with Crippen LogP contribution in [-0.4, -0.2) is 16.0 Å². The van der Waals surface area contributed by atoms with Gasteiger partial charge in [-0.25, -0.2) is 4.98 Å². The second-order valence-corrected chi connectivity index (χ2v) is 5.00. The summed E-state index contributed by atoms with van der Waals surface area (Å²) in [6.07, 6.45) is 1.34. The summed E-state index contributed by atoms with van der Waals surface area (Å²) in [6, 6.07) is 0.171. The first-order chi connectivity index (χ1) is 6.82. The van der Waals surface area contributed by atoms with Crippen molar-refractivity contribution in [1.29, 1.82) is 0 Å². The van der Waals surface area contributed by atoms with E-state index in [1.165, 1.54) is 6.33 Å². The van der Waals surface area contributed by atoms with Crippen LogP contribution in [0.4, 0.5) is 5.82 Å². The van der Waals surface area contributed by atoms with Gasteiger partial charge in [0.1, 0.15) is 5.02 Å². The quantitative estimate of drug-likeness (QED) is 0.818. The summed E-state index contributed by atoms with van der Waals surface area (Å²) in [5.74, 6) is 0.433. The number of hydrogen-bond donors (Lipinski definition) is 2. The molecule has 1 unspecified atom stereocenters. The molecule has 0 radical (unpaired) electrons. The number of anilines is 1. The van der Waals surface area contributed by atoms with Gasteiger partial charge in [-0.15, -0.1) is 0 Å². The minimum absolute atomic E-state index is 0.0770. The van der Waals surface area contributed by atoms with Crippen LogP contribution in [0.15, 0.2) is 11.1 Å². The van der Waals surface area contributed by atoms with Gasteiger partial charge in [0.05, 0.1) is 6.33 Å². The lowest BCUT2D eigenvalue weighted by Crippen LogP contribution is -2.31. The van der Waals surface area contributed by atoms with Crippen LogP contribution in [0.1, 0.15) is 27.7 Å². The van der Waals surface area contributed by atoms with Gasteiger partial charge in [0.2, 0.25) is 0 Å². The predicted molar refractivity (Wildman–Crippen MR) is 62.4 cm³/mol. The van der Waals surface area contributed by atoms with E-state index >= 15 is 0 Å². The molecule has 84 valence electrons. The van der Waals surface area contributed by atoms with E-state index in [2.05, 4.69) is 36.1 Å². The van der Waals surface area contributed by atoms with Crippen molar-refractivity contribution in [1.82, 2.24) is 9.97 Å². The Morgan fingerprint density at radius 1 is 1.53 bits per heavy atom. The second kappa shape index (κ2) is 4.23. The predicted octanol–water partition coefficient (Wildman–Crippen LogP) is 2.27. The lowest BCUT2D eigenvalue weighted by atomic mass is 9.88. The Kier molecular flexibility index (Phi) is 3.39. The van der Waals surface area contributed by atoms with Gasteiger partial charge in [-0.3, -0.25) is 4.79 Å². The molecule has 1 atom stereocenters. The number of rotatable bonds is 2. The third-order valence-electron chi connectivity index (χ3n) is 2.45. The molecule has 0 fully saturated rings. The van der Waals surface area contributed by atoms with E-state index in [1.807, 2.05) is 6.92 Å². The van der Waals surface area contributed by atoms with Gasteiger partial charge < -0.3 is 10.3 Å². The van der Waals surface area contributed by atoms with E-state index < -0.39 is 0 Å². The van der Waals surface area contributed by atoms with Gasteiger partial charge in [-0.05, 0) is 12.3 Å². The molecule has 0 saturated heterocycles. The summed E-state index contributed by atoms with van der Waals surface area (Å²) in [7, 11) is 0. The minimum atomic E-state index is -0.324. The molecule has 0 amide bonds. The Bertz CT molecular complexity index is 394. The molecule has 1 rings (SSSR count). The SMILES string of the molecule is CC(Nc1nc[nH]c(=O)c1Cl)C(C)(C)C. The minimum Gasteiger partial charge on any atom is -0.366 e. The fourth-order valence-corrected chi connectivity index (χ4v) is 1.06. The summed E-state index contributed by atoms with van der Waals surface area (Å²) < 4.78 is 0. The maximum atomic E-state index is 11.2. The Balaban J connectivity index is 2.91. The van der Waals surface area contributed by atoms with Crippen LogP contribution in [0.25, 0.3) is 0 Å². The maximum Gasteiger partial charge on any atom is 0.271 e. The lowest BCUT2D eigenvalue weighted by molar-refractivity contribution is 0.358. The highest BCUT2D eigenvalue weighted by Gasteiger charge is 2.21. The number of nitrogens with zero attached hydrogens (tertiary/aromatic N) is 1. The van der Waals surface area contributed by atoms with E-state index in [4.69, 9.17) is 11.6 Å². The van der Waals surface area contributed by atoms with Gasteiger partial charge in [-0.2, -0.15) is 0 Å². The molecule has 0 spiro atoms. The number of H-pyrrole nitrogens is 1. The van der Waals surface area contributed by atoms with Crippen LogP contribution >= 0.6 is 11.6 Å². The Morgan fingerprint density at radius 3 is 2.67 bits per heavy atom. The lowest BCUT2D eigenvalue weighted by Gasteiger charge is -2.28. The Labute approximate surface area is 94.1 Å². The molecule has 1 aromatic rings. The first-order valence-electron chi connectivity index (χ1n) is 4.82. The summed E-state index contributed by atoms with van der Waals surface area (Å²) >= 11 is 5.82. The second-order valence-electron chi connectivity index (χ2n) is 4.63. The van der Waals surface area contributed by atoms with Crippen LogP contribution < -0.4 is 10.9 Å². The smallest absolute Gasteiger partial charge is 0.271 e. The topological polar surface area (TPSA) is 57.8 Å². The highest BCUT2D eigenvalue weighted by molar-refractivity contribution is 6.32. The van der Waals surface area contributed by atoms with E-state index in [-0.39, 0.29) is 22.0 Å². The summed E-state index contributed by atoms with van der Waals surface area (Å²) in [5, 5.41) is 3.23. The molecule has 1 aromatic heterocycles. The van der Waals surface area contributed by atoms with Crippen molar-refractivity contribution >= 4 is 17.4 Å². The molecule has 15 heavy (non-hydrogen) atoms. The summed E-state index contributed by atoms with van der Waals surface area (Å²) in [6.45, 7) is 8.34. The average Bonchev–Trinajstić information content (AvgIpc) is 2.11. The zero-order valence-electron chi connectivity index (χ0n) is 9.39. The fourth-order valence-electron chi connectivity index (χ4n) is 0.905. The standard InChI is InChI=1S/C10H16ClN3O/c1-6(10(2,3)4)14-8-7(11)9(15)13-5-12-8/h5-6H,1-4H3,(H2,12,13,14,15). The normalized spacial score (nSPS) is 13.7. The Morgan fingerprint density at radius 2 is 2.13 bits per heavy atom. The molecule has 0 aliphatic carbocycles. The molecule has 0 saturated carbocycles. The van der Waals surface area contributed by atoms with Crippen LogP contribution in [0.2, 0.25) is 5.02 Å². The first kappa shape index (κ1) is 12.0. The highest BCUT2D eigenvalue weighted by atomic mass is 35.5. The fraction of sp³-hybridized carbons (Fsp3) is 0.600. The molecular formula is C10H16ClN3O. The maximum absolute atomic E-state index is 11.2. The van der Waals surface area contributed by atoms with Crippen molar-refractivity contribution in [3.8, 4) is 0 Å². The molecule has 2 N–H and O–H groups in total. The molecule has 0 aromatic carbocycles. The number of aromatic nitrogens is 2. The Hall–Kier alpha value is -1.03. The van der Waals surface area contributed by atoms with Crippen LogP contribution in [-0.2, 0) is 0 Å². The van der Waals surface area contributed by atoms with Crippen molar-refractivity contribution in [3.63, 3.8) is 0 Å². The van der Waals surface area contributed by atoms with Crippen molar-refractivity contribution < 1.29 is 0 Å². The van der Waals surface area contributed by atoms with Crippen LogP contribution in [0.3, 0.4) is 0 Å². The van der Waals surface area contributed by atoms with Crippen LogP contribution in [0, 0.1) is 5.41 Å².